The van der Waals surface area contributed by atoms with E-state index in [1.54, 1.807) is 43.3 Å². The van der Waals surface area contributed by atoms with Gasteiger partial charge in [0, 0.05) is 11.2 Å². The number of halogens is 1. The van der Waals surface area contributed by atoms with Crippen molar-refractivity contribution in [1.29, 1.82) is 5.26 Å². The number of aromatic nitrogens is 1. The van der Waals surface area contributed by atoms with E-state index >= 15 is 0 Å². The molecule has 1 amide bonds. The van der Waals surface area contributed by atoms with Gasteiger partial charge in [-0.2, -0.15) is 5.26 Å². The summed E-state index contributed by atoms with van der Waals surface area (Å²) in [5, 5.41) is 22.8. The van der Waals surface area contributed by atoms with Crippen LogP contribution in [0.4, 0.5) is 11.4 Å². The Morgan fingerprint density at radius 1 is 1.32 bits per heavy atom. The molecule has 7 nitrogen and oxygen atoms in total. The standard InChI is InChI=1S/C23H24ClN5O2/c1-15(28-17-4-2-16(24)3-5-17)20(12-25)22(31)29-18-6-7-21(27-13-18)23(14-26)10-8-19(30)9-11-23/h2-7,12-13,19,30H,8-11,25H2,1H3,(H,29,31). The number of aliphatic imine (C=N–C) groups is 1. The first-order chi connectivity index (χ1) is 14.9. The third-order valence-electron chi connectivity index (χ3n) is 5.46. The Hall–Kier alpha value is -3.21. The first-order valence-corrected chi connectivity index (χ1v) is 10.3. The van der Waals surface area contributed by atoms with E-state index in [4.69, 9.17) is 17.3 Å². The minimum Gasteiger partial charge on any atom is -0.404 e. The van der Waals surface area contributed by atoms with E-state index in [0.29, 0.717) is 53.5 Å². The van der Waals surface area contributed by atoms with Gasteiger partial charge in [-0.3, -0.25) is 14.8 Å². The molecule has 1 aliphatic carbocycles. The molecule has 0 aliphatic heterocycles. The molecule has 4 N–H and O–H groups in total. The van der Waals surface area contributed by atoms with E-state index in [0.717, 1.165) is 0 Å². The van der Waals surface area contributed by atoms with Crippen molar-refractivity contribution in [3.63, 3.8) is 0 Å². The maximum absolute atomic E-state index is 12.7. The molecule has 1 aromatic heterocycles. The molecule has 1 aliphatic rings. The SMILES string of the molecule is CC(=Nc1ccc(Cl)cc1)C(=CN)C(=O)Nc1ccc(C2(C#N)CCC(O)CC2)nc1. The zero-order valence-electron chi connectivity index (χ0n) is 17.2. The van der Waals surface area contributed by atoms with Gasteiger partial charge in [-0.15, -0.1) is 0 Å². The lowest BCUT2D eigenvalue weighted by molar-refractivity contribution is -0.112. The van der Waals surface area contributed by atoms with Crippen molar-refractivity contribution in [2.24, 2.45) is 10.7 Å². The number of anilines is 1. The third-order valence-corrected chi connectivity index (χ3v) is 5.71. The van der Waals surface area contributed by atoms with Crippen molar-refractivity contribution in [2.45, 2.75) is 44.1 Å². The average Bonchev–Trinajstić information content (AvgIpc) is 2.77. The minimum atomic E-state index is -0.702. The molecular formula is C23H24ClN5O2. The zero-order chi connectivity index (χ0) is 22.4. The Bertz CT molecular complexity index is 1030. The number of nitrogens with two attached hydrogens (primary N) is 1. The number of pyridine rings is 1. The molecule has 3 rings (SSSR count). The van der Waals surface area contributed by atoms with Gasteiger partial charge in [0.05, 0.1) is 52.1 Å². The number of benzene rings is 1. The van der Waals surface area contributed by atoms with Crippen LogP contribution in [-0.2, 0) is 10.2 Å². The summed E-state index contributed by atoms with van der Waals surface area (Å²) in [4.78, 5) is 21.5. The molecule has 0 spiro atoms. The summed E-state index contributed by atoms with van der Waals surface area (Å²) in [6.45, 7) is 1.70. The summed E-state index contributed by atoms with van der Waals surface area (Å²) in [7, 11) is 0. The van der Waals surface area contributed by atoms with E-state index in [-0.39, 0.29) is 11.7 Å². The summed E-state index contributed by atoms with van der Waals surface area (Å²) in [6, 6.07) is 12.8. The molecule has 0 saturated heterocycles. The summed E-state index contributed by atoms with van der Waals surface area (Å²) in [5.41, 5.74) is 7.44. The van der Waals surface area contributed by atoms with Gasteiger partial charge in [0.1, 0.15) is 0 Å². The van der Waals surface area contributed by atoms with Crippen LogP contribution < -0.4 is 11.1 Å². The van der Waals surface area contributed by atoms with E-state index in [9.17, 15) is 15.2 Å². The van der Waals surface area contributed by atoms with Gasteiger partial charge in [0.2, 0.25) is 0 Å². The highest BCUT2D eigenvalue weighted by Crippen LogP contribution is 2.38. The van der Waals surface area contributed by atoms with Crippen LogP contribution in [0.25, 0.3) is 0 Å². The summed E-state index contributed by atoms with van der Waals surface area (Å²) in [6.07, 6.45) is 4.64. The lowest BCUT2D eigenvalue weighted by Gasteiger charge is -2.32. The molecule has 0 bridgehead atoms. The zero-order valence-corrected chi connectivity index (χ0v) is 17.9. The van der Waals surface area contributed by atoms with Gasteiger partial charge in [0.25, 0.3) is 5.91 Å². The minimum absolute atomic E-state index is 0.230. The molecule has 1 fully saturated rings. The molecule has 1 heterocycles. The van der Waals surface area contributed by atoms with Gasteiger partial charge in [-0.25, -0.2) is 0 Å². The van der Waals surface area contributed by atoms with Crippen LogP contribution in [0.3, 0.4) is 0 Å². The number of nitrogens with one attached hydrogen (secondary N) is 1. The second-order valence-corrected chi connectivity index (χ2v) is 8.00. The van der Waals surface area contributed by atoms with E-state index in [2.05, 4.69) is 21.4 Å². The third kappa shape index (κ3) is 5.29. The molecule has 1 aromatic carbocycles. The molecule has 31 heavy (non-hydrogen) atoms. The molecule has 160 valence electrons. The number of aliphatic hydroxyl groups excluding tert-OH is 1. The highest BCUT2D eigenvalue weighted by Gasteiger charge is 2.37. The van der Waals surface area contributed by atoms with Gasteiger partial charge in [-0.1, -0.05) is 11.6 Å². The number of amides is 1. The van der Waals surface area contributed by atoms with Crippen molar-refractivity contribution in [1.82, 2.24) is 4.98 Å². The summed E-state index contributed by atoms with van der Waals surface area (Å²) < 4.78 is 0. The average molecular weight is 438 g/mol. The fourth-order valence-corrected chi connectivity index (χ4v) is 3.73. The Balaban J connectivity index is 1.72. The van der Waals surface area contributed by atoms with Crippen LogP contribution in [0.5, 0.6) is 0 Å². The maximum Gasteiger partial charge on any atom is 0.259 e. The van der Waals surface area contributed by atoms with Crippen molar-refractivity contribution in [2.75, 3.05) is 5.32 Å². The lowest BCUT2D eigenvalue weighted by Crippen LogP contribution is -2.33. The Morgan fingerprint density at radius 2 is 2.00 bits per heavy atom. The molecule has 0 atom stereocenters. The Kier molecular flexibility index (Phi) is 7.06. The number of nitrogens with zero attached hydrogens (tertiary/aromatic N) is 3. The summed E-state index contributed by atoms with van der Waals surface area (Å²) in [5.74, 6) is -0.414. The first kappa shape index (κ1) is 22.5. The van der Waals surface area contributed by atoms with Crippen LogP contribution in [-0.4, -0.2) is 27.8 Å². The van der Waals surface area contributed by atoms with Gasteiger partial charge in [-0.05, 0) is 69.0 Å². The highest BCUT2D eigenvalue weighted by molar-refractivity contribution is 6.30. The van der Waals surface area contributed by atoms with Crippen LogP contribution in [0.15, 0.2) is 59.4 Å². The van der Waals surface area contributed by atoms with Crippen molar-refractivity contribution < 1.29 is 9.90 Å². The Morgan fingerprint density at radius 3 is 2.55 bits per heavy atom. The Labute approximate surface area is 186 Å². The second kappa shape index (κ2) is 9.73. The topological polar surface area (TPSA) is 124 Å². The van der Waals surface area contributed by atoms with E-state index in [1.807, 2.05) is 0 Å². The number of aliphatic hydroxyl groups is 1. The predicted molar refractivity (Wildman–Crippen MR) is 121 cm³/mol. The second-order valence-electron chi connectivity index (χ2n) is 7.57. The van der Waals surface area contributed by atoms with Crippen LogP contribution in [0, 0.1) is 11.3 Å². The van der Waals surface area contributed by atoms with Gasteiger partial charge in [0.15, 0.2) is 0 Å². The molecule has 8 heteroatoms. The van der Waals surface area contributed by atoms with Crippen molar-refractivity contribution in [3.8, 4) is 6.07 Å². The number of hydrogen-bond donors (Lipinski definition) is 3. The fourth-order valence-electron chi connectivity index (χ4n) is 3.60. The smallest absolute Gasteiger partial charge is 0.259 e. The monoisotopic (exact) mass is 437 g/mol. The van der Waals surface area contributed by atoms with Crippen LogP contribution in [0.2, 0.25) is 5.02 Å². The quantitative estimate of drug-likeness (QED) is 0.481. The number of carbonyl (C=O) groups excluding carboxylic acids is 1. The lowest BCUT2D eigenvalue weighted by atomic mass is 9.72. The number of hydrogen-bond acceptors (Lipinski definition) is 6. The predicted octanol–water partition coefficient (Wildman–Crippen LogP) is 4.00. The largest absolute Gasteiger partial charge is 0.404 e. The molecule has 0 radical (unpaired) electrons. The normalized spacial score (nSPS) is 21.9. The summed E-state index contributed by atoms with van der Waals surface area (Å²) >= 11 is 5.88. The highest BCUT2D eigenvalue weighted by atomic mass is 35.5. The van der Waals surface area contributed by atoms with E-state index < -0.39 is 11.3 Å². The fraction of sp³-hybridized carbons (Fsp3) is 0.304. The first-order valence-electron chi connectivity index (χ1n) is 9.97. The van der Waals surface area contributed by atoms with Crippen molar-refractivity contribution >= 4 is 34.6 Å². The maximum atomic E-state index is 12.7. The number of rotatable bonds is 5. The molecule has 0 unspecified atom stereocenters. The van der Waals surface area contributed by atoms with E-state index in [1.165, 1.54) is 12.4 Å². The van der Waals surface area contributed by atoms with Crippen LogP contribution in [0.1, 0.15) is 38.3 Å². The number of nitriles is 1. The van der Waals surface area contributed by atoms with Crippen molar-refractivity contribution in [3.05, 3.63) is 65.1 Å². The van der Waals surface area contributed by atoms with Gasteiger partial charge >= 0.3 is 0 Å². The van der Waals surface area contributed by atoms with Crippen LogP contribution >= 0.6 is 11.6 Å². The van der Waals surface area contributed by atoms with Gasteiger partial charge < -0.3 is 16.2 Å². The number of carbonyl (C=O) groups is 1. The molecule has 1 saturated carbocycles. The molecule has 2 aromatic rings. The molecular weight excluding hydrogens is 414 g/mol.